The molecule has 23 nitrogen and oxygen atoms in total. The lowest BCUT2D eigenvalue weighted by molar-refractivity contribution is -0.153. The number of likely N-dealkylation sites (N-methyl/N-ethyl adjacent to an activating group) is 1. The molecule has 23 heteroatoms. The molecule has 5 aliphatic heterocycles. The zero-order valence-electron chi connectivity index (χ0n) is 62.8. The molecule has 0 bridgehead atoms. The van der Waals surface area contributed by atoms with Crippen LogP contribution in [0.3, 0.4) is 0 Å². The van der Waals surface area contributed by atoms with Crippen LogP contribution in [-0.2, 0) is 80.3 Å². The van der Waals surface area contributed by atoms with Crippen LogP contribution in [0, 0.1) is 0 Å². The first-order chi connectivity index (χ1) is 54.0. The summed E-state index contributed by atoms with van der Waals surface area (Å²) in [6, 6.07) is 76.9. The predicted octanol–water partition coefficient (Wildman–Crippen LogP) is 11.2. The maximum absolute atomic E-state index is 12.7. The molecule has 3 N–H and O–H groups in total. The molecule has 5 aliphatic rings. The number of carbonyl (C=O) groups is 4. The number of aromatic nitrogens is 1. The Morgan fingerprint density at radius 1 is 0.382 bits per heavy atom. The highest BCUT2D eigenvalue weighted by molar-refractivity contribution is 5.82. The molecule has 14 rings (SSSR count). The van der Waals surface area contributed by atoms with Crippen LogP contribution in [0.5, 0.6) is 46.0 Å². The minimum absolute atomic E-state index is 0.0339. The summed E-state index contributed by atoms with van der Waals surface area (Å²) in [6.45, 7) is 17.2. The van der Waals surface area contributed by atoms with Crippen molar-refractivity contribution in [2.45, 2.75) is 64.1 Å². The van der Waals surface area contributed by atoms with E-state index >= 15 is 0 Å². The standard InChI is InChI=1S/C24H25N3O3.C22H26N2O4.C21H26N2O4.C20H24N2O3/c28-24(26-16-20-8-4-5-12-25-20)23-18-27(13-14-29-23)17-19-7-6-11-22(15-19)30-21-9-2-1-3-10-21;25-22(24-10-12-26-13-11-24)21-17-23(9-14-27-21)16-18-5-4-8-20(15-18)28-19-6-2-1-3-7-19;1-25-12-10-22-21(24)20-16-23(11-13-26-20)15-17-6-5-9-19(14-17)27-18-7-3-2-4-8-18;1-2-21-20(23)19-15-22(11-12-24-19)14-16-7-6-10-18(13-16)25-17-8-4-3-5-9-17/h1-12,15,23H,13-14,16-18H2,(H,26,28);1-8,15,21H,9-14,16-17H2;2-9,14,20H,10-13,15-16H2,1H3,(H,22,24);3-10,13,19H,2,11-12,14-15H2,1H3,(H,21,23). The molecule has 1 aromatic heterocycles. The Hall–Kier alpha value is -10.4. The average Bonchev–Trinajstić information content (AvgIpc) is 0.849. The average molecular weight is 1500 g/mol. The maximum Gasteiger partial charge on any atom is 0.253 e. The number of morpholine rings is 5. The van der Waals surface area contributed by atoms with Gasteiger partial charge in [0.1, 0.15) is 70.4 Å². The van der Waals surface area contributed by atoms with Gasteiger partial charge >= 0.3 is 0 Å². The second kappa shape index (κ2) is 44.3. The third-order valence-corrected chi connectivity index (χ3v) is 18.3. The van der Waals surface area contributed by atoms with E-state index in [1.165, 1.54) is 0 Å². The van der Waals surface area contributed by atoms with E-state index < -0.39 is 24.4 Å². The van der Waals surface area contributed by atoms with Crippen LogP contribution in [0.2, 0.25) is 0 Å². The molecule has 0 radical (unpaired) electrons. The van der Waals surface area contributed by atoms with Crippen LogP contribution in [0.4, 0.5) is 0 Å². The smallest absolute Gasteiger partial charge is 0.253 e. The fourth-order valence-corrected chi connectivity index (χ4v) is 12.8. The van der Waals surface area contributed by atoms with Gasteiger partial charge in [0, 0.05) is 118 Å². The van der Waals surface area contributed by atoms with Gasteiger partial charge in [-0.2, -0.15) is 0 Å². The molecule has 4 atom stereocenters. The monoisotopic (exact) mass is 1500 g/mol. The van der Waals surface area contributed by atoms with Gasteiger partial charge in [0.2, 0.25) is 5.91 Å². The number of para-hydroxylation sites is 4. The van der Waals surface area contributed by atoms with E-state index in [2.05, 4.69) is 70.9 Å². The third kappa shape index (κ3) is 27.3. The van der Waals surface area contributed by atoms with Gasteiger partial charge in [-0.3, -0.25) is 43.8 Å². The number of methoxy groups -OCH3 is 1. The van der Waals surface area contributed by atoms with Crippen molar-refractivity contribution in [2.24, 2.45) is 0 Å². The number of amides is 4. The van der Waals surface area contributed by atoms with Crippen molar-refractivity contribution in [2.75, 3.05) is 132 Å². The van der Waals surface area contributed by atoms with Crippen LogP contribution in [0.1, 0.15) is 34.9 Å². The Bertz CT molecular complexity index is 4210. The molecule has 9 aromatic rings. The van der Waals surface area contributed by atoms with E-state index in [9.17, 15) is 19.2 Å². The summed E-state index contributed by atoms with van der Waals surface area (Å²) in [5.41, 5.74) is 5.42. The number of hydrogen-bond acceptors (Lipinski definition) is 19. The van der Waals surface area contributed by atoms with Crippen molar-refractivity contribution in [3.63, 3.8) is 0 Å². The molecule has 8 aromatic carbocycles. The zero-order valence-corrected chi connectivity index (χ0v) is 62.8. The maximum atomic E-state index is 12.7. The first-order valence-electron chi connectivity index (χ1n) is 37.7. The number of carbonyl (C=O) groups excluding carboxylic acids is 4. The van der Waals surface area contributed by atoms with Crippen LogP contribution >= 0.6 is 0 Å². The van der Waals surface area contributed by atoms with Gasteiger partial charge < -0.3 is 68.2 Å². The number of nitrogens with zero attached hydrogens (tertiary/aromatic N) is 6. The number of benzene rings is 8. The van der Waals surface area contributed by atoms with E-state index in [0.29, 0.717) is 105 Å². The summed E-state index contributed by atoms with van der Waals surface area (Å²) in [4.78, 5) is 64.4. The molecule has 0 spiro atoms. The molecular weight excluding hydrogens is 1400 g/mol. The lowest BCUT2D eigenvalue weighted by Gasteiger charge is -2.36. The molecule has 5 fully saturated rings. The second-order valence-electron chi connectivity index (χ2n) is 26.8. The molecule has 0 saturated carbocycles. The van der Waals surface area contributed by atoms with Crippen LogP contribution in [0.25, 0.3) is 0 Å². The second-order valence-corrected chi connectivity index (χ2v) is 26.8. The van der Waals surface area contributed by atoms with E-state index in [1.807, 2.05) is 218 Å². The van der Waals surface area contributed by atoms with Gasteiger partial charge in [-0.15, -0.1) is 0 Å². The Labute approximate surface area is 645 Å². The largest absolute Gasteiger partial charge is 0.457 e. The van der Waals surface area contributed by atoms with Crippen LogP contribution in [0.15, 0.2) is 243 Å². The normalized spacial score (nSPS) is 18.2. The summed E-state index contributed by atoms with van der Waals surface area (Å²) < 4.78 is 56.6. The topological polar surface area (TPSA) is 226 Å². The highest BCUT2D eigenvalue weighted by atomic mass is 16.5. The summed E-state index contributed by atoms with van der Waals surface area (Å²) >= 11 is 0. The van der Waals surface area contributed by atoms with Crippen LogP contribution < -0.4 is 34.9 Å². The van der Waals surface area contributed by atoms with Crippen molar-refractivity contribution in [3.05, 3.63) is 271 Å². The Morgan fingerprint density at radius 2 is 0.718 bits per heavy atom. The van der Waals surface area contributed by atoms with Crippen molar-refractivity contribution in [3.8, 4) is 46.0 Å². The Balaban J connectivity index is 0.000000146. The van der Waals surface area contributed by atoms with Crippen molar-refractivity contribution < 1.29 is 66.5 Å². The number of nitrogens with one attached hydrogen (secondary N) is 3. The number of hydrogen-bond donors (Lipinski definition) is 3. The fraction of sp³-hybridized carbons (Fsp3) is 0.345. The van der Waals surface area contributed by atoms with Crippen molar-refractivity contribution >= 4 is 23.6 Å². The molecule has 110 heavy (non-hydrogen) atoms. The van der Waals surface area contributed by atoms with Gasteiger partial charge in [-0.05, 0) is 138 Å². The Morgan fingerprint density at radius 3 is 1.07 bits per heavy atom. The van der Waals surface area contributed by atoms with E-state index in [0.717, 1.165) is 126 Å². The van der Waals surface area contributed by atoms with E-state index in [-0.39, 0.29) is 23.6 Å². The minimum atomic E-state index is -0.480. The Kier molecular flexibility index (Phi) is 32.5. The fourth-order valence-electron chi connectivity index (χ4n) is 12.8. The van der Waals surface area contributed by atoms with Gasteiger partial charge in [-0.25, -0.2) is 0 Å². The van der Waals surface area contributed by atoms with Crippen LogP contribution in [-0.4, -0.2) is 209 Å². The van der Waals surface area contributed by atoms with Gasteiger partial charge in [0.05, 0.1) is 58.5 Å². The lowest BCUT2D eigenvalue weighted by Crippen LogP contribution is -2.53. The number of rotatable bonds is 26. The van der Waals surface area contributed by atoms with Crippen molar-refractivity contribution in [1.82, 2.24) is 45.4 Å². The van der Waals surface area contributed by atoms with Crippen molar-refractivity contribution in [1.29, 1.82) is 0 Å². The SMILES string of the molecule is CCNC(=O)C1CN(Cc2cccc(Oc3ccccc3)c2)CCO1.COCCNC(=O)C1CN(Cc2cccc(Oc3ccccc3)c2)CCO1.O=C(C1CN(Cc2cccc(Oc3ccccc3)c2)CCO1)N1CCOCC1.O=C(NCc1ccccn1)C1CN(Cc2cccc(Oc3ccccc3)c2)CCO1. The summed E-state index contributed by atoms with van der Waals surface area (Å²) in [6.07, 6.45) is 0.00861. The zero-order chi connectivity index (χ0) is 76.2. The highest BCUT2D eigenvalue weighted by Gasteiger charge is 2.33. The molecule has 5 saturated heterocycles. The third-order valence-electron chi connectivity index (χ3n) is 18.3. The van der Waals surface area contributed by atoms with E-state index in [4.69, 9.17) is 47.4 Å². The van der Waals surface area contributed by atoms with E-state index in [1.54, 1.807) is 13.3 Å². The van der Waals surface area contributed by atoms with Gasteiger partial charge in [-0.1, -0.05) is 127 Å². The molecule has 6 heterocycles. The predicted molar refractivity (Wildman–Crippen MR) is 419 cm³/mol. The number of ether oxygens (including phenoxy) is 10. The molecule has 578 valence electrons. The summed E-state index contributed by atoms with van der Waals surface area (Å²) in [5, 5.41) is 8.58. The van der Waals surface area contributed by atoms with Gasteiger partial charge in [0.15, 0.2) is 0 Å². The molecular formula is C87H101N9O14. The molecule has 4 unspecified atom stereocenters. The lowest BCUT2D eigenvalue weighted by atomic mass is 10.1. The van der Waals surface area contributed by atoms with Gasteiger partial charge in [0.25, 0.3) is 17.7 Å². The summed E-state index contributed by atoms with van der Waals surface area (Å²) in [7, 11) is 1.61. The summed E-state index contributed by atoms with van der Waals surface area (Å²) in [5.74, 6) is 6.36. The first-order valence-corrected chi connectivity index (χ1v) is 37.7. The molecule has 4 amide bonds. The number of pyridine rings is 1. The minimum Gasteiger partial charge on any atom is -0.457 e. The highest BCUT2D eigenvalue weighted by Crippen LogP contribution is 2.28. The quantitative estimate of drug-likeness (QED) is 0.0428. The molecule has 0 aliphatic carbocycles. The first kappa shape index (κ1) is 80.6.